The van der Waals surface area contributed by atoms with Gasteiger partial charge < -0.3 is 9.11 Å². The van der Waals surface area contributed by atoms with E-state index in [1.54, 1.807) is 0 Å². The second kappa shape index (κ2) is 12.3. The van der Waals surface area contributed by atoms with Crippen LogP contribution in [0.25, 0.3) is 20.9 Å². The molecule has 2 aliphatic rings. The van der Waals surface area contributed by atoms with Gasteiger partial charge in [0.25, 0.3) is 0 Å². The summed E-state index contributed by atoms with van der Waals surface area (Å²) in [4.78, 5) is 4.86. The lowest BCUT2D eigenvalue weighted by atomic mass is 10.0. The first-order valence-electron chi connectivity index (χ1n) is 11.2. The van der Waals surface area contributed by atoms with Crippen LogP contribution in [0.2, 0.25) is 0 Å². The van der Waals surface area contributed by atoms with E-state index in [1.807, 2.05) is 0 Å². The first kappa shape index (κ1) is 30.0. The number of azide groups is 2. The number of hydrogen-bond acceptors (Lipinski definition) is 10. The van der Waals surface area contributed by atoms with Crippen LogP contribution in [-0.2, 0) is 41.8 Å². The lowest BCUT2D eigenvalue weighted by Crippen LogP contribution is -2.49. The van der Waals surface area contributed by atoms with Gasteiger partial charge in [0.1, 0.15) is 0 Å². The number of rotatable bonds is 12. The van der Waals surface area contributed by atoms with Crippen molar-refractivity contribution in [1.82, 2.24) is 0 Å². The Kier molecular flexibility index (Phi) is 10.5. The van der Waals surface area contributed by atoms with Gasteiger partial charge in [0, 0.05) is 9.82 Å². The molecule has 35 heavy (non-hydrogen) atoms. The Hall–Kier alpha value is -1.26. The standard InChI is InChI=1S/C17H30N6O8S4/c18-22-20-16(32(24)25,34(28,29)14-8-3-1-4-9-14)12-7-13-17(21-23-19,33(26)27)35(30,31)15-10-5-2-6-11-15/h14-15H,1-13H2,(H,24,25)(H,26,27)/p-2. The molecule has 0 aromatic heterocycles. The highest BCUT2D eigenvalue weighted by Crippen LogP contribution is 2.41. The third-order valence-electron chi connectivity index (χ3n) is 6.77. The Labute approximate surface area is 209 Å². The van der Waals surface area contributed by atoms with E-state index in [1.165, 1.54) is 0 Å². The van der Waals surface area contributed by atoms with Gasteiger partial charge in [0.2, 0.25) is 8.41 Å². The van der Waals surface area contributed by atoms with E-state index in [0.717, 1.165) is 12.8 Å². The minimum Gasteiger partial charge on any atom is -0.771 e. The monoisotopic (exact) mass is 572 g/mol. The second-order valence-electron chi connectivity index (χ2n) is 8.74. The predicted octanol–water partition coefficient (Wildman–Crippen LogP) is 3.34. The van der Waals surface area contributed by atoms with Crippen molar-refractivity contribution >= 4 is 41.8 Å². The van der Waals surface area contributed by atoms with Crippen LogP contribution in [0.4, 0.5) is 0 Å². The topological polar surface area (TPSA) is 246 Å². The molecule has 0 aromatic rings. The molecule has 0 aliphatic heterocycles. The zero-order valence-electron chi connectivity index (χ0n) is 18.9. The molecule has 200 valence electrons. The third-order valence-corrected chi connectivity index (χ3v) is 15.6. The molecule has 0 N–H and O–H groups in total. The van der Waals surface area contributed by atoms with E-state index in [2.05, 4.69) is 20.1 Å². The molecule has 2 rings (SSSR count). The van der Waals surface area contributed by atoms with Crippen LogP contribution in [0.15, 0.2) is 10.2 Å². The summed E-state index contributed by atoms with van der Waals surface area (Å²) in [5.41, 5.74) is 18.0. The van der Waals surface area contributed by atoms with Crippen LogP contribution in [0.3, 0.4) is 0 Å². The molecule has 4 atom stereocenters. The van der Waals surface area contributed by atoms with Gasteiger partial charge in [-0.1, -0.05) is 48.8 Å². The van der Waals surface area contributed by atoms with Crippen LogP contribution in [0, 0.1) is 0 Å². The molecule has 2 saturated carbocycles. The Bertz CT molecular complexity index is 1030. The van der Waals surface area contributed by atoms with Crippen LogP contribution < -0.4 is 0 Å². The van der Waals surface area contributed by atoms with Crippen molar-refractivity contribution in [2.45, 2.75) is 102 Å². The molecule has 0 radical (unpaired) electrons. The van der Waals surface area contributed by atoms with Crippen LogP contribution >= 0.6 is 0 Å². The largest absolute Gasteiger partial charge is 0.771 e. The Morgan fingerprint density at radius 1 is 0.714 bits per heavy atom. The smallest absolute Gasteiger partial charge is 0.212 e. The molecule has 18 heteroatoms. The lowest BCUT2D eigenvalue weighted by molar-refractivity contribution is 0.438. The fourth-order valence-electron chi connectivity index (χ4n) is 4.86. The normalized spacial score (nSPS) is 23.6. The number of hydrogen-bond donors (Lipinski definition) is 0. The van der Waals surface area contributed by atoms with Crippen LogP contribution in [0.5, 0.6) is 0 Å². The number of sulfone groups is 2. The molecule has 2 aliphatic carbocycles. The summed E-state index contributed by atoms with van der Waals surface area (Å²) >= 11 is -6.93. The van der Waals surface area contributed by atoms with E-state index in [9.17, 15) is 34.4 Å². The van der Waals surface area contributed by atoms with Gasteiger partial charge >= 0.3 is 0 Å². The molecule has 0 amide bonds. The third kappa shape index (κ3) is 5.85. The molecule has 2 fully saturated rings. The molecular weight excluding hydrogens is 544 g/mol. The van der Waals surface area contributed by atoms with Crippen molar-refractivity contribution in [3.63, 3.8) is 0 Å². The fourth-order valence-corrected chi connectivity index (χ4v) is 12.1. The predicted molar refractivity (Wildman–Crippen MR) is 127 cm³/mol. The highest BCUT2D eigenvalue weighted by Gasteiger charge is 2.52. The van der Waals surface area contributed by atoms with Gasteiger partial charge in [-0.2, -0.15) is 0 Å². The summed E-state index contributed by atoms with van der Waals surface area (Å²) in [7, 11) is -9.19. The SMILES string of the molecule is [N-]=[N+]=NC(CCCC(N=[N+]=[N-])(S(=O)[O-])S(=O)(=O)C1CCCCC1)(S(=O)[O-])S(=O)(=O)C1CCCCC1. The first-order chi connectivity index (χ1) is 16.4. The van der Waals surface area contributed by atoms with Crippen molar-refractivity contribution < 1.29 is 34.4 Å². The van der Waals surface area contributed by atoms with Gasteiger partial charge in [0.15, 0.2) is 19.7 Å². The molecule has 0 bridgehead atoms. The van der Waals surface area contributed by atoms with E-state index in [4.69, 9.17) is 11.1 Å². The summed E-state index contributed by atoms with van der Waals surface area (Å²) in [6.07, 6.45) is 1.94. The minimum atomic E-state index is -4.59. The van der Waals surface area contributed by atoms with Gasteiger partial charge in [-0.05, 0) is 78.2 Å². The fraction of sp³-hybridized carbons (Fsp3) is 1.00. The highest BCUT2D eigenvalue weighted by molar-refractivity contribution is 8.06. The van der Waals surface area contributed by atoms with Gasteiger partial charge in [-0.25, -0.2) is 16.8 Å². The first-order valence-corrected chi connectivity index (χ1v) is 16.5. The van der Waals surface area contributed by atoms with Crippen LogP contribution in [-0.4, -0.2) is 53.3 Å². The summed E-state index contributed by atoms with van der Waals surface area (Å²) < 4.78 is 96.1. The molecule has 0 saturated heterocycles. The van der Waals surface area contributed by atoms with E-state index in [0.29, 0.717) is 25.7 Å². The van der Waals surface area contributed by atoms with Gasteiger partial charge in [0.05, 0.1) is 10.5 Å². The maximum absolute atomic E-state index is 13.3. The summed E-state index contributed by atoms with van der Waals surface area (Å²) in [6, 6.07) is 0. The molecular formula is C17H28N6O8S4-2. The second-order valence-corrected chi connectivity index (χ2v) is 16.4. The Morgan fingerprint density at radius 3 is 1.29 bits per heavy atom. The van der Waals surface area contributed by atoms with E-state index < -0.39 is 80.0 Å². The minimum absolute atomic E-state index is 0.172. The molecule has 0 heterocycles. The maximum Gasteiger partial charge on any atom is 0.212 e. The van der Waals surface area contributed by atoms with E-state index in [-0.39, 0.29) is 25.7 Å². The zero-order valence-corrected chi connectivity index (χ0v) is 22.2. The van der Waals surface area contributed by atoms with Crippen LogP contribution in [0.1, 0.15) is 83.5 Å². The summed E-state index contributed by atoms with van der Waals surface area (Å²) in [6.45, 7) is 0. The van der Waals surface area contributed by atoms with Gasteiger partial charge in [-0.15, -0.1) is 0 Å². The molecule has 4 unspecified atom stereocenters. The zero-order chi connectivity index (χ0) is 26.3. The quantitative estimate of drug-likeness (QED) is 0.145. The highest BCUT2D eigenvalue weighted by atomic mass is 32.3. The van der Waals surface area contributed by atoms with Crippen molar-refractivity contribution in [3.05, 3.63) is 20.9 Å². The maximum atomic E-state index is 13.3. The van der Waals surface area contributed by atoms with Crippen molar-refractivity contribution in [2.24, 2.45) is 10.2 Å². The van der Waals surface area contributed by atoms with Gasteiger partial charge in [-0.3, -0.25) is 8.42 Å². The summed E-state index contributed by atoms with van der Waals surface area (Å²) in [5, 5.41) is 4.11. The summed E-state index contributed by atoms with van der Waals surface area (Å²) in [5.74, 6) is 0. The Morgan fingerprint density at radius 2 is 1.03 bits per heavy atom. The van der Waals surface area contributed by atoms with Crippen molar-refractivity contribution in [3.8, 4) is 0 Å². The number of nitrogens with zero attached hydrogens (tertiary/aromatic N) is 6. The van der Waals surface area contributed by atoms with Crippen molar-refractivity contribution in [1.29, 1.82) is 0 Å². The lowest BCUT2D eigenvalue weighted by Gasteiger charge is -2.38. The van der Waals surface area contributed by atoms with Crippen molar-refractivity contribution in [2.75, 3.05) is 0 Å². The average Bonchev–Trinajstić information content (AvgIpc) is 2.83. The van der Waals surface area contributed by atoms with E-state index >= 15 is 0 Å². The Balaban J connectivity index is 2.46. The molecule has 0 aromatic carbocycles. The molecule has 14 nitrogen and oxygen atoms in total. The molecule has 0 spiro atoms. The average molecular weight is 573 g/mol.